The van der Waals surface area contributed by atoms with E-state index in [2.05, 4.69) is 23.0 Å². The number of aldehydes is 1. The zero-order valence-corrected chi connectivity index (χ0v) is 16.6. The minimum atomic E-state index is 0.0265. The van der Waals surface area contributed by atoms with Crippen molar-refractivity contribution in [3.63, 3.8) is 0 Å². The molecule has 0 saturated heterocycles. The highest BCUT2D eigenvalue weighted by Crippen LogP contribution is 2.35. The molecule has 0 radical (unpaired) electrons. The van der Waals surface area contributed by atoms with Gasteiger partial charge in [-0.15, -0.1) is 11.3 Å². The van der Waals surface area contributed by atoms with Crippen LogP contribution in [0.3, 0.4) is 0 Å². The molecule has 0 saturated carbocycles. The summed E-state index contributed by atoms with van der Waals surface area (Å²) in [7, 11) is 0. The number of hydrogen-bond donors (Lipinski definition) is 0. The summed E-state index contributed by atoms with van der Waals surface area (Å²) in [6.07, 6.45) is 1.40. The van der Waals surface area contributed by atoms with Gasteiger partial charge >= 0.3 is 0 Å². The minimum Gasteiger partial charge on any atom is -0.296 e. The first kappa shape index (κ1) is 19.7. The topological polar surface area (TPSA) is 82.5 Å². The number of rotatable bonds is 4. The summed E-state index contributed by atoms with van der Waals surface area (Å²) >= 11 is 13.6. The second kappa shape index (κ2) is 8.74. The number of aromatic nitrogens is 2. The largest absolute Gasteiger partial charge is 0.296 e. The highest BCUT2D eigenvalue weighted by Gasteiger charge is 2.22. The minimum absolute atomic E-state index is 0.0265. The number of carbonyl (C=O) groups excluding carboxylic acids is 1. The van der Waals surface area contributed by atoms with Gasteiger partial charge in [-0.3, -0.25) is 4.79 Å². The average Bonchev–Trinajstić information content (AvgIpc) is 3.29. The molecule has 0 spiro atoms. The summed E-state index contributed by atoms with van der Waals surface area (Å²) in [5.74, 6) is 5.93. The van der Waals surface area contributed by atoms with Crippen molar-refractivity contribution in [2.45, 2.75) is 12.8 Å². The van der Waals surface area contributed by atoms with E-state index in [0.717, 1.165) is 4.88 Å². The van der Waals surface area contributed by atoms with E-state index in [-0.39, 0.29) is 11.3 Å². The molecule has 8 heteroatoms. The molecule has 28 heavy (non-hydrogen) atoms. The molecule has 0 N–H and O–H groups in total. The second-order valence-corrected chi connectivity index (χ2v) is 7.40. The van der Waals surface area contributed by atoms with Crippen LogP contribution in [0.4, 0.5) is 0 Å². The number of halogens is 2. The van der Waals surface area contributed by atoms with Crippen molar-refractivity contribution in [3.05, 3.63) is 56.5 Å². The normalized spacial score (nSPS) is 9.86. The third-order valence-electron chi connectivity index (χ3n) is 3.69. The molecule has 0 bridgehead atoms. The molecule has 0 atom stereocenters. The Morgan fingerprint density at radius 2 is 2.00 bits per heavy atom. The van der Waals surface area contributed by atoms with Gasteiger partial charge in [0.25, 0.3) is 0 Å². The smallest absolute Gasteiger partial charge is 0.171 e. The van der Waals surface area contributed by atoms with Gasteiger partial charge in [0.2, 0.25) is 0 Å². The molecule has 5 nitrogen and oxygen atoms in total. The van der Waals surface area contributed by atoms with Gasteiger partial charge in [0, 0.05) is 17.9 Å². The lowest BCUT2D eigenvalue weighted by Gasteiger charge is -2.08. The number of benzene rings is 1. The van der Waals surface area contributed by atoms with E-state index in [1.54, 1.807) is 18.2 Å². The van der Waals surface area contributed by atoms with Gasteiger partial charge in [-0.05, 0) is 30.3 Å². The van der Waals surface area contributed by atoms with Crippen LogP contribution in [-0.4, -0.2) is 16.1 Å². The first-order valence-corrected chi connectivity index (χ1v) is 9.56. The zero-order chi connectivity index (χ0) is 20.1. The molecule has 2 aromatic heterocycles. The molecule has 2 heterocycles. The van der Waals surface area contributed by atoms with Gasteiger partial charge in [-0.2, -0.15) is 15.6 Å². The van der Waals surface area contributed by atoms with Crippen molar-refractivity contribution >= 4 is 40.8 Å². The Labute approximate surface area is 175 Å². The maximum Gasteiger partial charge on any atom is 0.171 e. The molecule has 0 aliphatic heterocycles. The molecule has 136 valence electrons. The molecular formula is C20H10Cl2N4OS. The molecule has 1 aromatic carbocycles. The number of hydrogen-bond acceptors (Lipinski definition) is 5. The number of carbonyl (C=O) groups is 1. The van der Waals surface area contributed by atoms with E-state index >= 15 is 0 Å². The number of thiophene rings is 1. The molecular weight excluding hydrogens is 415 g/mol. The van der Waals surface area contributed by atoms with Crippen LogP contribution in [0.25, 0.3) is 16.3 Å². The molecule has 0 unspecified atom stereocenters. The molecule has 0 aliphatic rings. The Bertz CT molecular complexity index is 1200. The Kier molecular flexibility index (Phi) is 6.14. The van der Waals surface area contributed by atoms with Crippen molar-refractivity contribution in [1.29, 1.82) is 10.5 Å². The van der Waals surface area contributed by atoms with E-state index in [0.29, 0.717) is 45.4 Å². The first-order valence-electron chi connectivity index (χ1n) is 7.98. The Morgan fingerprint density at radius 1 is 1.18 bits per heavy atom. The van der Waals surface area contributed by atoms with Crippen molar-refractivity contribution in [2.24, 2.45) is 0 Å². The predicted octanol–water partition coefficient (Wildman–Crippen LogP) is 5.25. The van der Waals surface area contributed by atoms with E-state index in [1.165, 1.54) is 16.0 Å². The van der Waals surface area contributed by atoms with E-state index in [4.69, 9.17) is 28.5 Å². The zero-order valence-electron chi connectivity index (χ0n) is 14.2. The van der Waals surface area contributed by atoms with Crippen LogP contribution in [0.2, 0.25) is 10.0 Å². The SMILES string of the molecule is N#CCCC#Cc1ccc(-c2c(C#N)c(C=O)nn2-c2ccc(Cl)cc2Cl)s1. The van der Waals surface area contributed by atoms with Crippen LogP contribution in [0, 0.1) is 34.5 Å². The molecule has 0 aliphatic carbocycles. The van der Waals surface area contributed by atoms with Crippen molar-refractivity contribution in [1.82, 2.24) is 9.78 Å². The van der Waals surface area contributed by atoms with Crippen LogP contribution in [0.15, 0.2) is 30.3 Å². The lowest BCUT2D eigenvalue weighted by Crippen LogP contribution is -2.00. The molecule has 3 rings (SSSR count). The standard InChI is InChI=1S/C20H10Cl2N4OS/c21-13-5-7-18(16(22)10-13)26-20(15(11-24)17(12-27)25-26)19-8-6-14(28-19)4-2-1-3-9-23/h5-8,10,12H,1,3H2. The van der Waals surface area contributed by atoms with E-state index < -0.39 is 0 Å². The summed E-state index contributed by atoms with van der Waals surface area (Å²) in [5.41, 5.74) is 1.15. The van der Waals surface area contributed by atoms with Gasteiger partial charge in [0.1, 0.15) is 23.0 Å². The first-order chi connectivity index (χ1) is 13.6. The van der Waals surface area contributed by atoms with Crippen molar-refractivity contribution < 1.29 is 4.79 Å². The fourth-order valence-corrected chi connectivity index (χ4v) is 3.89. The quantitative estimate of drug-likeness (QED) is 0.325. The molecule has 0 fully saturated rings. The number of nitriles is 2. The monoisotopic (exact) mass is 424 g/mol. The van der Waals surface area contributed by atoms with Crippen LogP contribution >= 0.6 is 34.5 Å². The second-order valence-electron chi connectivity index (χ2n) is 5.47. The number of unbranched alkanes of at least 4 members (excludes halogenated alkanes) is 1. The highest BCUT2D eigenvalue weighted by molar-refractivity contribution is 7.16. The molecule has 0 amide bonds. The van der Waals surface area contributed by atoms with Gasteiger partial charge in [-0.25, -0.2) is 4.68 Å². The maximum atomic E-state index is 11.4. The highest BCUT2D eigenvalue weighted by atomic mass is 35.5. The maximum absolute atomic E-state index is 11.4. The van der Waals surface area contributed by atoms with Gasteiger partial charge in [0.15, 0.2) is 6.29 Å². The lowest BCUT2D eigenvalue weighted by atomic mass is 10.1. The van der Waals surface area contributed by atoms with Gasteiger partial charge < -0.3 is 0 Å². The Hall–Kier alpha value is -3.08. The fraction of sp³-hybridized carbons (Fsp3) is 0.100. The summed E-state index contributed by atoms with van der Waals surface area (Å²) in [5, 5.41) is 23.2. The summed E-state index contributed by atoms with van der Waals surface area (Å²) in [6, 6.07) is 12.6. The third-order valence-corrected chi connectivity index (χ3v) is 5.23. The van der Waals surface area contributed by atoms with Crippen molar-refractivity contribution in [2.75, 3.05) is 0 Å². The Balaban J connectivity index is 2.15. The van der Waals surface area contributed by atoms with Gasteiger partial charge in [-0.1, -0.05) is 35.0 Å². The van der Waals surface area contributed by atoms with Crippen LogP contribution < -0.4 is 0 Å². The average molecular weight is 425 g/mol. The Morgan fingerprint density at radius 3 is 2.68 bits per heavy atom. The lowest BCUT2D eigenvalue weighted by molar-refractivity contribution is 0.111. The van der Waals surface area contributed by atoms with Gasteiger partial charge in [0.05, 0.1) is 26.5 Å². The number of nitrogens with zero attached hydrogens (tertiary/aromatic N) is 4. The third kappa shape index (κ3) is 3.93. The van der Waals surface area contributed by atoms with Crippen LogP contribution in [-0.2, 0) is 0 Å². The predicted molar refractivity (Wildman–Crippen MR) is 109 cm³/mol. The molecule has 3 aromatic rings. The fourth-order valence-electron chi connectivity index (χ4n) is 2.48. The van der Waals surface area contributed by atoms with Crippen LogP contribution in [0.1, 0.15) is 33.8 Å². The van der Waals surface area contributed by atoms with E-state index in [1.807, 2.05) is 18.2 Å². The summed E-state index contributed by atoms with van der Waals surface area (Å²) in [4.78, 5) is 12.9. The van der Waals surface area contributed by atoms with Crippen LogP contribution in [0.5, 0.6) is 0 Å². The van der Waals surface area contributed by atoms with E-state index in [9.17, 15) is 10.1 Å². The summed E-state index contributed by atoms with van der Waals surface area (Å²) < 4.78 is 1.47. The summed E-state index contributed by atoms with van der Waals surface area (Å²) in [6.45, 7) is 0. The van der Waals surface area contributed by atoms with Crippen molar-refractivity contribution in [3.8, 4) is 40.2 Å².